The summed E-state index contributed by atoms with van der Waals surface area (Å²) in [4.78, 5) is 5.57. The highest BCUT2D eigenvalue weighted by atomic mass is 32.2. The summed E-state index contributed by atoms with van der Waals surface area (Å²) in [5, 5.41) is 8.26. The van der Waals surface area contributed by atoms with Crippen molar-refractivity contribution in [3.63, 3.8) is 0 Å². The molecule has 2 heterocycles. The van der Waals surface area contributed by atoms with Crippen molar-refractivity contribution in [2.75, 3.05) is 21.3 Å². The minimum absolute atomic E-state index is 0.581. The molecule has 4 aromatic rings. The van der Waals surface area contributed by atoms with Gasteiger partial charge in [0.2, 0.25) is 5.75 Å². The van der Waals surface area contributed by atoms with Crippen molar-refractivity contribution in [1.29, 1.82) is 0 Å². The molecular weight excluding hydrogens is 362 g/mol. The number of para-hydroxylation sites is 1. The van der Waals surface area contributed by atoms with Crippen LogP contribution in [0.2, 0.25) is 0 Å². The van der Waals surface area contributed by atoms with Crippen molar-refractivity contribution in [3.8, 4) is 28.6 Å². The molecule has 2 aromatic carbocycles. The van der Waals surface area contributed by atoms with Gasteiger partial charge in [0.15, 0.2) is 11.5 Å². The van der Waals surface area contributed by atoms with E-state index in [4.69, 9.17) is 14.2 Å². The van der Waals surface area contributed by atoms with Gasteiger partial charge in [-0.3, -0.25) is 5.10 Å². The Labute approximate surface area is 160 Å². The first-order valence-electron chi connectivity index (χ1n) is 8.33. The molecule has 2 N–H and O–H groups in total. The molecule has 0 aliphatic rings. The second-order valence-electron chi connectivity index (χ2n) is 5.81. The topological polar surface area (TPSA) is 72.2 Å². The van der Waals surface area contributed by atoms with E-state index in [0.717, 1.165) is 32.1 Å². The summed E-state index contributed by atoms with van der Waals surface area (Å²) in [6.45, 7) is 0. The minimum Gasteiger partial charge on any atom is -0.493 e. The molecule has 0 amide bonds. The van der Waals surface area contributed by atoms with E-state index in [1.165, 1.54) is 0 Å². The molecule has 138 valence electrons. The molecular formula is C20H19N3O3S. The molecule has 0 aliphatic carbocycles. The van der Waals surface area contributed by atoms with Crippen LogP contribution in [-0.4, -0.2) is 36.5 Å². The third-order valence-electron chi connectivity index (χ3n) is 4.29. The number of rotatable bonds is 6. The number of aromatic amines is 2. The molecule has 0 aliphatic heterocycles. The maximum atomic E-state index is 5.49. The maximum absolute atomic E-state index is 5.49. The van der Waals surface area contributed by atoms with E-state index in [1.54, 1.807) is 39.3 Å². The van der Waals surface area contributed by atoms with Crippen LogP contribution in [0.4, 0.5) is 0 Å². The van der Waals surface area contributed by atoms with Gasteiger partial charge < -0.3 is 19.2 Å². The number of ether oxygens (including phenoxy) is 3. The third kappa shape index (κ3) is 3.10. The van der Waals surface area contributed by atoms with Crippen LogP contribution < -0.4 is 14.2 Å². The number of hydrogen-bond donors (Lipinski definition) is 2. The number of nitrogens with one attached hydrogen (secondary N) is 2. The van der Waals surface area contributed by atoms with Gasteiger partial charge in [-0.2, -0.15) is 5.10 Å². The second-order valence-corrected chi connectivity index (χ2v) is 6.89. The number of methoxy groups -OCH3 is 3. The van der Waals surface area contributed by atoms with Gasteiger partial charge in [0, 0.05) is 26.9 Å². The standard InChI is InChI=1S/C20H19N3O3S/c1-24-16-10-12(11-17(25-2)19(16)26-3)27-20-13-6-4-5-7-14(13)22-18(20)15-8-9-21-23-15/h4-11,22H,1-3H3,(H,21,23). The van der Waals surface area contributed by atoms with Crippen LogP contribution >= 0.6 is 11.8 Å². The minimum atomic E-state index is 0.581. The molecule has 0 spiro atoms. The summed E-state index contributed by atoms with van der Waals surface area (Å²) in [5.41, 5.74) is 2.99. The van der Waals surface area contributed by atoms with Gasteiger partial charge in [0.05, 0.1) is 32.7 Å². The molecule has 0 unspecified atom stereocenters. The monoisotopic (exact) mass is 381 g/mol. The first-order chi connectivity index (χ1) is 13.2. The number of aromatic nitrogens is 3. The summed E-state index contributed by atoms with van der Waals surface area (Å²) in [6.07, 6.45) is 1.74. The van der Waals surface area contributed by atoms with Crippen molar-refractivity contribution < 1.29 is 14.2 Å². The van der Waals surface area contributed by atoms with E-state index in [9.17, 15) is 0 Å². The zero-order chi connectivity index (χ0) is 18.8. The van der Waals surface area contributed by atoms with Gasteiger partial charge in [0.25, 0.3) is 0 Å². The van der Waals surface area contributed by atoms with Crippen LogP contribution in [0.1, 0.15) is 0 Å². The smallest absolute Gasteiger partial charge is 0.203 e. The van der Waals surface area contributed by atoms with Crippen molar-refractivity contribution in [2.24, 2.45) is 0 Å². The lowest BCUT2D eigenvalue weighted by atomic mass is 10.2. The van der Waals surface area contributed by atoms with Crippen molar-refractivity contribution in [2.45, 2.75) is 9.79 Å². The van der Waals surface area contributed by atoms with Gasteiger partial charge >= 0.3 is 0 Å². The fourth-order valence-corrected chi connectivity index (χ4v) is 4.16. The molecule has 2 aromatic heterocycles. The fourth-order valence-electron chi connectivity index (χ4n) is 3.04. The summed E-state index contributed by atoms with van der Waals surface area (Å²) in [7, 11) is 4.84. The molecule has 0 bridgehead atoms. The molecule has 27 heavy (non-hydrogen) atoms. The molecule has 0 atom stereocenters. The van der Waals surface area contributed by atoms with Crippen LogP contribution in [0.3, 0.4) is 0 Å². The van der Waals surface area contributed by atoms with Crippen LogP contribution in [0.15, 0.2) is 58.5 Å². The lowest BCUT2D eigenvalue weighted by molar-refractivity contribution is 0.323. The zero-order valence-electron chi connectivity index (χ0n) is 15.2. The van der Waals surface area contributed by atoms with E-state index in [1.807, 2.05) is 30.3 Å². The first kappa shape index (κ1) is 17.4. The van der Waals surface area contributed by atoms with Crippen LogP contribution in [-0.2, 0) is 0 Å². The molecule has 6 nitrogen and oxygen atoms in total. The number of benzene rings is 2. The van der Waals surface area contributed by atoms with Gasteiger partial charge in [-0.1, -0.05) is 30.0 Å². The average Bonchev–Trinajstić information content (AvgIpc) is 3.35. The number of fused-ring (bicyclic) bond motifs is 1. The number of nitrogens with zero attached hydrogens (tertiary/aromatic N) is 1. The highest BCUT2D eigenvalue weighted by Gasteiger charge is 2.18. The summed E-state index contributed by atoms with van der Waals surface area (Å²) in [5.74, 6) is 1.83. The van der Waals surface area contributed by atoms with Crippen LogP contribution in [0, 0.1) is 0 Å². The summed E-state index contributed by atoms with van der Waals surface area (Å²) < 4.78 is 16.4. The van der Waals surface area contributed by atoms with Crippen molar-refractivity contribution in [3.05, 3.63) is 48.7 Å². The Morgan fingerprint density at radius 3 is 2.30 bits per heavy atom. The third-order valence-corrected chi connectivity index (χ3v) is 5.39. The normalized spacial score (nSPS) is 10.9. The highest BCUT2D eigenvalue weighted by molar-refractivity contribution is 7.99. The van der Waals surface area contributed by atoms with E-state index in [0.29, 0.717) is 17.2 Å². The lowest BCUT2D eigenvalue weighted by Crippen LogP contribution is -1.95. The predicted molar refractivity (Wildman–Crippen MR) is 106 cm³/mol. The average molecular weight is 381 g/mol. The van der Waals surface area contributed by atoms with Crippen LogP contribution in [0.25, 0.3) is 22.3 Å². The summed E-state index contributed by atoms with van der Waals surface area (Å²) in [6, 6.07) is 14.1. The second kappa shape index (κ2) is 7.28. The molecule has 4 rings (SSSR count). The maximum Gasteiger partial charge on any atom is 0.203 e. The predicted octanol–water partition coefficient (Wildman–Crippen LogP) is 4.74. The molecule has 0 saturated heterocycles. The Morgan fingerprint density at radius 2 is 1.67 bits per heavy atom. The van der Waals surface area contributed by atoms with E-state index < -0.39 is 0 Å². The van der Waals surface area contributed by atoms with Crippen LogP contribution in [0.5, 0.6) is 17.2 Å². The Bertz CT molecular complexity index is 1050. The largest absolute Gasteiger partial charge is 0.493 e. The van der Waals surface area contributed by atoms with E-state index in [-0.39, 0.29) is 0 Å². The zero-order valence-corrected chi connectivity index (χ0v) is 16.0. The fraction of sp³-hybridized carbons (Fsp3) is 0.150. The lowest BCUT2D eigenvalue weighted by Gasteiger charge is -2.14. The van der Waals surface area contributed by atoms with Crippen molar-refractivity contribution >= 4 is 22.7 Å². The molecule has 7 heteroatoms. The van der Waals surface area contributed by atoms with Gasteiger partial charge in [-0.25, -0.2) is 0 Å². The quantitative estimate of drug-likeness (QED) is 0.505. The van der Waals surface area contributed by atoms with E-state index in [2.05, 4.69) is 27.3 Å². The molecule has 0 saturated carbocycles. The Kier molecular flexibility index (Phi) is 4.68. The van der Waals surface area contributed by atoms with E-state index >= 15 is 0 Å². The Hall–Kier alpha value is -3.06. The Balaban J connectivity index is 1.85. The Morgan fingerprint density at radius 1 is 0.926 bits per heavy atom. The van der Waals surface area contributed by atoms with Gasteiger partial charge in [-0.05, 0) is 24.3 Å². The van der Waals surface area contributed by atoms with Gasteiger partial charge in [0.1, 0.15) is 0 Å². The molecule has 0 fully saturated rings. The highest BCUT2D eigenvalue weighted by Crippen LogP contribution is 2.46. The van der Waals surface area contributed by atoms with Gasteiger partial charge in [-0.15, -0.1) is 0 Å². The first-order valence-corrected chi connectivity index (χ1v) is 9.15. The summed E-state index contributed by atoms with van der Waals surface area (Å²) >= 11 is 1.63. The van der Waals surface area contributed by atoms with Crippen molar-refractivity contribution in [1.82, 2.24) is 15.2 Å². The SMILES string of the molecule is COc1cc(Sc2c(-c3ccn[nH]3)[nH]c3ccccc23)cc(OC)c1OC. The number of H-pyrrole nitrogens is 2. The molecule has 0 radical (unpaired) electrons. The number of hydrogen-bond acceptors (Lipinski definition) is 5.